The molecule has 25 heavy (non-hydrogen) atoms. The molecule has 2 amide bonds. The van der Waals surface area contributed by atoms with E-state index >= 15 is 0 Å². The van der Waals surface area contributed by atoms with Crippen LogP contribution in [0.5, 0.6) is 0 Å². The fraction of sp³-hybridized carbons (Fsp3) is 0.438. The summed E-state index contributed by atoms with van der Waals surface area (Å²) in [7, 11) is -3.05. The maximum absolute atomic E-state index is 12.8. The number of hydrogen-bond acceptors (Lipinski definition) is 5. The highest BCUT2D eigenvalue weighted by molar-refractivity contribution is 7.91. The van der Waals surface area contributed by atoms with E-state index in [0.29, 0.717) is 12.0 Å². The van der Waals surface area contributed by atoms with Gasteiger partial charge in [-0.3, -0.25) is 25.2 Å². The summed E-state index contributed by atoms with van der Waals surface area (Å²) in [6.07, 6.45) is 0.256. The van der Waals surface area contributed by atoms with Crippen molar-refractivity contribution in [2.24, 2.45) is 5.92 Å². The Hall–Kier alpha value is -2.29. The number of amides is 2. The molecule has 1 aliphatic rings. The molecule has 7 nitrogen and oxygen atoms in total. The van der Waals surface area contributed by atoms with Crippen molar-refractivity contribution in [3.8, 4) is 0 Å². The quantitative estimate of drug-likeness (QED) is 0.568. The number of hydrogen-bond donors (Lipinski definition) is 2. The minimum Gasteiger partial charge on any atom is -0.294 e. The van der Waals surface area contributed by atoms with Crippen LogP contribution in [-0.4, -0.2) is 37.5 Å². The first-order valence-corrected chi connectivity index (χ1v) is 9.64. The largest absolute Gasteiger partial charge is 0.294 e. The van der Waals surface area contributed by atoms with Crippen molar-refractivity contribution < 1.29 is 27.2 Å². The van der Waals surface area contributed by atoms with Gasteiger partial charge in [0.1, 0.15) is 5.82 Å². The number of benzene rings is 1. The third-order valence-electron chi connectivity index (χ3n) is 3.89. The second-order valence-electron chi connectivity index (χ2n) is 6.00. The van der Waals surface area contributed by atoms with Crippen LogP contribution in [0.1, 0.15) is 36.0 Å². The minimum atomic E-state index is -3.05. The SMILES string of the molecule is O=C(CCC(=O)c1ccc(F)cc1)NNC(=O)C[C@@H]1CCS(=O)(=O)C1. The molecule has 9 heteroatoms. The second kappa shape index (κ2) is 8.19. The van der Waals surface area contributed by atoms with Gasteiger partial charge in [-0.1, -0.05) is 0 Å². The van der Waals surface area contributed by atoms with Crippen molar-refractivity contribution in [2.45, 2.75) is 25.7 Å². The molecule has 1 heterocycles. The van der Waals surface area contributed by atoms with Crippen LogP contribution in [0.15, 0.2) is 24.3 Å². The molecule has 0 saturated carbocycles. The summed E-state index contributed by atoms with van der Waals surface area (Å²) in [5, 5.41) is 0. The zero-order valence-electron chi connectivity index (χ0n) is 13.5. The first-order chi connectivity index (χ1) is 11.7. The van der Waals surface area contributed by atoms with Gasteiger partial charge in [-0.15, -0.1) is 0 Å². The zero-order valence-corrected chi connectivity index (χ0v) is 14.3. The zero-order chi connectivity index (χ0) is 18.4. The number of hydrazine groups is 1. The number of carbonyl (C=O) groups is 3. The molecule has 0 bridgehead atoms. The highest BCUT2D eigenvalue weighted by Gasteiger charge is 2.29. The van der Waals surface area contributed by atoms with Crippen LogP contribution in [-0.2, 0) is 19.4 Å². The lowest BCUT2D eigenvalue weighted by atomic mass is 10.1. The number of halogens is 1. The Bertz CT molecular complexity index is 761. The predicted molar refractivity (Wildman–Crippen MR) is 87.6 cm³/mol. The predicted octanol–water partition coefficient (Wildman–Crippen LogP) is 0.761. The molecule has 1 atom stereocenters. The summed E-state index contributed by atoms with van der Waals surface area (Å²) in [4.78, 5) is 35.2. The lowest BCUT2D eigenvalue weighted by Gasteiger charge is -2.10. The van der Waals surface area contributed by atoms with Crippen LogP contribution in [0, 0.1) is 11.7 Å². The Kier molecular flexibility index (Phi) is 6.24. The molecule has 1 fully saturated rings. The maximum atomic E-state index is 12.8. The highest BCUT2D eigenvalue weighted by atomic mass is 32.2. The van der Waals surface area contributed by atoms with Crippen molar-refractivity contribution in [3.05, 3.63) is 35.6 Å². The standard InChI is InChI=1S/C16H19FN2O5S/c17-13-3-1-12(2-4-13)14(20)5-6-15(21)18-19-16(22)9-11-7-8-25(23,24)10-11/h1-4,11H,5-10H2,(H,18,21)(H,19,22)/t11-/m0/s1. The molecule has 1 aromatic rings. The summed E-state index contributed by atoms with van der Waals surface area (Å²) in [5.41, 5.74) is 4.71. The third-order valence-corrected chi connectivity index (χ3v) is 5.72. The maximum Gasteiger partial charge on any atom is 0.238 e. The summed E-state index contributed by atoms with van der Waals surface area (Å²) < 4.78 is 35.4. The molecule has 2 rings (SSSR count). The van der Waals surface area contributed by atoms with E-state index < -0.39 is 27.5 Å². The van der Waals surface area contributed by atoms with Gasteiger partial charge in [-0.25, -0.2) is 12.8 Å². The van der Waals surface area contributed by atoms with E-state index in [1.165, 1.54) is 12.1 Å². The van der Waals surface area contributed by atoms with Gasteiger partial charge >= 0.3 is 0 Å². The van der Waals surface area contributed by atoms with Gasteiger partial charge in [0.15, 0.2) is 15.6 Å². The van der Waals surface area contributed by atoms with E-state index in [0.717, 1.165) is 12.1 Å². The van der Waals surface area contributed by atoms with Gasteiger partial charge in [0.25, 0.3) is 0 Å². The monoisotopic (exact) mass is 370 g/mol. The van der Waals surface area contributed by atoms with Crippen molar-refractivity contribution >= 4 is 27.4 Å². The fourth-order valence-electron chi connectivity index (χ4n) is 2.56. The molecular weight excluding hydrogens is 351 g/mol. The number of sulfone groups is 1. The lowest BCUT2D eigenvalue weighted by molar-refractivity contribution is -0.129. The number of Topliss-reactive ketones (excluding diaryl/α,β-unsaturated/α-hetero) is 1. The molecule has 0 spiro atoms. The first kappa shape index (κ1) is 19.0. The molecule has 1 aromatic carbocycles. The molecule has 0 radical (unpaired) electrons. The molecule has 1 saturated heterocycles. The summed E-state index contributed by atoms with van der Waals surface area (Å²) in [5.74, 6) is -1.93. The van der Waals surface area contributed by atoms with Crippen molar-refractivity contribution in [1.82, 2.24) is 10.9 Å². The van der Waals surface area contributed by atoms with Crippen LogP contribution in [0.3, 0.4) is 0 Å². The summed E-state index contributed by atoms with van der Waals surface area (Å²) in [6.45, 7) is 0. The van der Waals surface area contributed by atoms with Crippen LogP contribution < -0.4 is 10.9 Å². The smallest absolute Gasteiger partial charge is 0.238 e. The average Bonchev–Trinajstić information content (AvgIpc) is 2.90. The Labute approximate surface area is 144 Å². The van der Waals surface area contributed by atoms with Crippen LogP contribution in [0.25, 0.3) is 0 Å². The molecule has 1 aliphatic heterocycles. The van der Waals surface area contributed by atoms with E-state index in [1.807, 2.05) is 0 Å². The summed E-state index contributed by atoms with van der Waals surface area (Å²) >= 11 is 0. The van der Waals surface area contributed by atoms with Crippen molar-refractivity contribution in [2.75, 3.05) is 11.5 Å². The normalized spacial score (nSPS) is 18.5. The van der Waals surface area contributed by atoms with E-state index in [9.17, 15) is 27.2 Å². The van der Waals surface area contributed by atoms with Crippen LogP contribution >= 0.6 is 0 Å². The Morgan fingerprint density at radius 2 is 1.68 bits per heavy atom. The molecule has 0 unspecified atom stereocenters. The van der Waals surface area contributed by atoms with Crippen molar-refractivity contribution in [1.29, 1.82) is 0 Å². The van der Waals surface area contributed by atoms with Gasteiger partial charge < -0.3 is 0 Å². The van der Waals surface area contributed by atoms with Gasteiger partial charge in [0, 0.05) is 24.8 Å². The minimum absolute atomic E-state index is 0.0134. The van der Waals surface area contributed by atoms with Gasteiger partial charge in [0.05, 0.1) is 11.5 Å². The van der Waals surface area contributed by atoms with E-state index in [2.05, 4.69) is 10.9 Å². The van der Waals surface area contributed by atoms with E-state index in [1.54, 1.807) is 0 Å². The molecular formula is C16H19FN2O5S. The topological polar surface area (TPSA) is 109 Å². The average molecular weight is 370 g/mol. The van der Waals surface area contributed by atoms with Crippen LogP contribution in [0.2, 0.25) is 0 Å². The Morgan fingerprint density at radius 1 is 1.04 bits per heavy atom. The van der Waals surface area contributed by atoms with Crippen LogP contribution in [0.4, 0.5) is 4.39 Å². The van der Waals surface area contributed by atoms with Gasteiger partial charge in [-0.05, 0) is 36.6 Å². The first-order valence-electron chi connectivity index (χ1n) is 7.82. The third kappa shape index (κ3) is 6.26. The fourth-order valence-corrected chi connectivity index (χ4v) is 4.42. The molecule has 0 aromatic heterocycles. The highest BCUT2D eigenvalue weighted by Crippen LogP contribution is 2.21. The molecule has 136 valence electrons. The van der Waals surface area contributed by atoms with Gasteiger partial charge in [-0.2, -0.15) is 0 Å². The van der Waals surface area contributed by atoms with Gasteiger partial charge in [0.2, 0.25) is 11.8 Å². The summed E-state index contributed by atoms with van der Waals surface area (Å²) in [6, 6.07) is 5.01. The van der Waals surface area contributed by atoms with E-state index in [-0.39, 0.29) is 42.5 Å². The lowest BCUT2D eigenvalue weighted by Crippen LogP contribution is -2.42. The Balaban J connectivity index is 1.67. The Morgan fingerprint density at radius 3 is 2.28 bits per heavy atom. The molecule has 0 aliphatic carbocycles. The number of nitrogens with one attached hydrogen (secondary N) is 2. The van der Waals surface area contributed by atoms with E-state index in [4.69, 9.17) is 0 Å². The second-order valence-corrected chi connectivity index (χ2v) is 8.23. The number of rotatable bonds is 6. The van der Waals surface area contributed by atoms with Crippen molar-refractivity contribution in [3.63, 3.8) is 0 Å². The molecule has 2 N–H and O–H groups in total. The number of ketones is 1. The number of carbonyl (C=O) groups excluding carboxylic acids is 3.